The fraction of sp³-hybridized carbons (Fsp3) is 0.235. The van der Waals surface area contributed by atoms with Crippen LogP contribution in [0, 0.1) is 0 Å². The second kappa shape index (κ2) is 12.2. The third-order valence-corrected chi connectivity index (χ3v) is 7.63. The minimum atomic E-state index is -0.871. The average molecular weight is 550 g/mol. The Bertz CT molecular complexity index is 1600. The number of esters is 1. The monoisotopic (exact) mass is 549 g/mol. The summed E-state index contributed by atoms with van der Waals surface area (Å²) in [7, 11) is 0. The summed E-state index contributed by atoms with van der Waals surface area (Å²) in [6.07, 6.45) is 1.70. The highest BCUT2D eigenvalue weighted by molar-refractivity contribution is 6.09. The molecule has 0 bridgehead atoms. The molecule has 0 saturated heterocycles. The van der Waals surface area contributed by atoms with E-state index >= 15 is 0 Å². The fourth-order valence-electron chi connectivity index (χ4n) is 5.32. The molecule has 0 amide bonds. The van der Waals surface area contributed by atoms with Gasteiger partial charge in [-0.2, -0.15) is 0 Å². The smallest absolute Gasteiger partial charge is 0.313 e. The molecule has 0 aliphatic carbocycles. The Balaban J connectivity index is 1.15. The maximum Gasteiger partial charge on any atom is 0.313 e. The Morgan fingerprint density at radius 2 is 1.56 bits per heavy atom. The lowest BCUT2D eigenvalue weighted by molar-refractivity contribution is -0.145. The number of hydrogen-bond acceptors (Lipinski definition) is 5. The minimum absolute atomic E-state index is 0.0976. The number of carboxylic acids is 1. The summed E-state index contributed by atoms with van der Waals surface area (Å²) in [5.74, 6) is -2.57. The second-order valence-corrected chi connectivity index (χ2v) is 10.3. The maximum absolute atomic E-state index is 13.2. The molecule has 0 radical (unpaired) electrons. The molecule has 1 aliphatic rings. The molecule has 1 N–H and O–H groups in total. The molecular formula is C34H31NO6. The number of aromatic nitrogens is 1. The zero-order valence-corrected chi connectivity index (χ0v) is 22.8. The molecule has 7 nitrogen and oxygen atoms in total. The quantitative estimate of drug-likeness (QED) is 0.144. The summed E-state index contributed by atoms with van der Waals surface area (Å²) in [6.45, 7) is 2.50. The van der Waals surface area contributed by atoms with Crippen molar-refractivity contribution in [3.05, 3.63) is 130 Å². The number of carbonyl (C=O) groups excluding carboxylic acids is 3. The summed E-state index contributed by atoms with van der Waals surface area (Å²) >= 11 is 0. The molecule has 208 valence electrons. The molecule has 2 atom stereocenters. The summed E-state index contributed by atoms with van der Waals surface area (Å²) < 4.78 is 7.35. The van der Waals surface area contributed by atoms with E-state index in [1.807, 2.05) is 47.0 Å². The minimum Gasteiger partial charge on any atom is -0.481 e. The summed E-state index contributed by atoms with van der Waals surface area (Å²) in [5.41, 5.74) is 4.49. The Morgan fingerprint density at radius 1 is 0.854 bits per heavy atom. The molecule has 1 aliphatic heterocycles. The van der Waals surface area contributed by atoms with Crippen molar-refractivity contribution in [2.75, 3.05) is 6.61 Å². The van der Waals surface area contributed by atoms with Gasteiger partial charge in [-0.3, -0.25) is 19.2 Å². The van der Waals surface area contributed by atoms with Crippen LogP contribution >= 0.6 is 0 Å². The SMILES string of the molecule is CC(C(=O)OCCCc1cccc(C(=O)c2ccc3n2CCC3C(=O)O)c1)c1cccc(C(=O)c2ccccc2)c1. The van der Waals surface area contributed by atoms with Crippen LogP contribution in [0.15, 0.2) is 91.0 Å². The molecule has 2 unspecified atom stereocenters. The average Bonchev–Trinajstić information content (AvgIpc) is 3.61. The third kappa shape index (κ3) is 6.04. The number of ketones is 2. The predicted molar refractivity (Wildman–Crippen MR) is 153 cm³/mol. The molecule has 4 aromatic rings. The molecule has 2 heterocycles. The van der Waals surface area contributed by atoms with Gasteiger partial charge in [0, 0.05) is 28.9 Å². The molecule has 3 aromatic carbocycles. The van der Waals surface area contributed by atoms with Crippen LogP contribution in [-0.2, 0) is 27.3 Å². The predicted octanol–water partition coefficient (Wildman–Crippen LogP) is 5.80. The van der Waals surface area contributed by atoms with E-state index in [-0.39, 0.29) is 24.1 Å². The Hall–Kier alpha value is -4.78. The van der Waals surface area contributed by atoms with Gasteiger partial charge in [0.1, 0.15) is 0 Å². The molecule has 7 heteroatoms. The van der Waals surface area contributed by atoms with E-state index in [2.05, 4.69) is 0 Å². The molecule has 1 aromatic heterocycles. The number of benzene rings is 3. The van der Waals surface area contributed by atoms with Crippen molar-refractivity contribution >= 4 is 23.5 Å². The first-order valence-electron chi connectivity index (χ1n) is 13.8. The van der Waals surface area contributed by atoms with Crippen LogP contribution < -0.4 is 0 Å². The van der Waals surface area contributed by atoms with Gasteiger partial charge in [0.15, 0.2) is 5.78 Å². The normalized spacial score (nSPS) is 14.7. The lowest BCUT2D eigenvalue weighted by Crippen LogP contribution is -2.15. The van der Waals surface area contributed by atoms with Crippen LogP contribution in [0.1, 0.15) is 80.4 Å². The number of rotatable bonds is 11. The number of aliphatic carboxylic acids is 1. The van der Waals surface area contributed by atoms with E-state index in [1.54, 1.807) is 55.5 Å². The van der Waals surface area contributed by atoms with Crippen molar-refractivity contribution < 1.29 is 29.0 Å². The first kappa shape index (κ1) is 27.8. The summed E-state index contributed by atoms with van der Waals surface area (Å²) in [4.78, 5) is 50.2. The maximum atomic E-state index is 13.2. The molecule has 41 heavy (non-hydrogen) atoms. The molecule has 0 saturated carbocycles. The third-order valence-electron chi connectivity index (χ3n) is 7.63. The van der Waals surface area contributed by atoms with Gasteiger partial charge < -0.3 is 14.4 Å². The Labute approximate surface area is 238 Å². The van der Waals surface area contributed by atoms with Crippen LogP contribution in [0.25, 0.3) is 0 Å². The highest BCUT2D eigenvalue weighted by atomic mass is 16.5. The first-order valence-corrected chi connectivity index (χ1v) is 13.8. The Kier molecular flexibility index (Phi) is 8.24. The van der Waals surface area contributed by atoms with Gasteiger partial charge in [-0.05, 0) is 61.6 Å². The van der Waals surface area contributed by atoms with E-state index < -0.39 is 17.8 Å². The van der Waals surface area contributed by atoms with Crippen LogP contribution in [0.4, 0.5) is 0 Å². The van der Waals surface area contributed by atoms with Crippen molar-refractivity contribution in [1.82, 2.24) is 4.57 Å². The summed E-state index contributed by atoms with van der Waals surface area (Å²) in [5, 5.41) is 9.41. The van der Waals surface area contributed by atoms with Crippen LogP contribution in [0.5, 0.6) is 0 Å². The molecular weight excluding hydrogens is 518 g/mol. The standard InChI is InChI=1S/C34H31NO6/c1-22(25-12-6-14-27(21-25)31(36)24-10-3-2-4-11-24)34(40)41-19-7-9-23-8-5-13-26(20-23)32(37)30-16-15-29-28(33(38)39)17-18-35(29)30/h2-6,8,10-16,20-22,28H,7,9,17-19H2,1H3,(H,38,39). The number of hydrogen-bond donors (Lipinski definition) is 1. The fourth-order valence-corrected chi connectivity index (χ4v) is 5.32. The van der Waals surface area contributed by atoms with Gasteiger partial charge >= 0.3 is 11.9 Å². The van der Waals surface area contributed by atoms with Crippen molar-refractivity contribution in [2.45, 2.75) is 44.6 Å². The van der Waals surface area contributed by atoms with Gasteiger partial charge in [-0.15, -0.1) is 0 Å². The van der Waals surface area contributed by atoms with Gasteiger partial charge in [0.2, 0.25) is 5.78 Å². The molecule has 0 spiro atoms. The van der Waals surface area contributed by atoms with Crippen molar-refractivity contribution in [3.63, 3.8) is 0 Å². The van der Waals surface area contributed by atoms with Gasteiger partial charge in [0.05, 0.1) is 24.1 Å². The Morgan fingerprint density at radius 3 is 2.32 bits per heavy atom. The van der Waals surface area contributed by atoms with E-state index in [4.69, 9.17) is 4.74 Å². The molecule has 5 rings (SSSR count). The van der Waals surface area contributed by atoms with Crippen LogP contribution in [0.3, 0.4) is 0 Å². The number of carboxylic acid groups (broad SMARTS) is 1. The lowest BCUT2D eigenvalue weighted by atomic mass is 9.96. The topological polar surface area (TPSA) is 103 Å². The number of fused-ring (bicyclic) bond motifs is 1. The zero-order chi connectivity index (χ0) is 28.9. The van der Waals surface area contributed by atoms with Crippen molar-refractivity contribution in [2.24, 2.45) is 0 Å². The lowest BCUT2D eigenvalue weighted by Gasteiger charge is -2.13. The summed E-state index contributed by atoms with van der Waals surface area (Å²) in [6, 6.07) is 26.9. The van der Waals surface area contributed by atoms with E-state index in [0.717, 1.165) is 11.1 Å². The second-order valence-electron chi connectivity index (χ2n) is 10.3. The number of aryl methyl sites for hydroxylation is 1. The first-order chi connectivity index (χ1) is 19.8. The highest BCUT2D eigenvalue weighted by Gasteiger charge is 2.31. The zero-order valence-electron chi connectivity index (χ0n) is 22.8. The highest BCUT2D eigenvalue weighted by Crippen LogP contribution is 2.31. The van der Waals surface area contributed by atoms with Gasteiger partial charge in [-0.25, -0.2) is 0 Å². The van der Waals surface area contributed by atoms with E-state index in [9.17, 15) is 24.3 Å². The van der Waals surface area contributed by atoms with Gasteiger partial charge in [-0.1, -0.05) is 66.7 Å². The van der Waals surface area contributed by atoms with Crippen molar-refractivity contribution in [1.29, 1.82) is 0 Å². The number of ether oxygens (including phenoxy) is 1. The van der Waals surface area contributed by atoms with Gasteiger partial charge in [0.25, 0.3) is 0 Å². The van der Waals surface area contributed by atoms with Crippen LogP contribution in [-0.4, -0.2) is 39.8 Å². The largest absolute Gasteiger partial charge is 0.481 e. The number of carbonyl (C=O) groups is 4. The molecule has 0 fully saturated rings. The number of nitrogens with zero attached hydrogens (tertiary/aromatic N) is 1. The van der Waals surface area contributed by atoms with E-state index in [1.165, 1.54) is 0 Å². The van der Waals surface area contributed by atoms with Crippen LogP contribution in [0.2, 0.25) is 0 Å². The van der Waals surface area contributed by atoms with E-state index in [0.29, 0.717) is 53.9 Å². The van der Waals surface area contributed by atoms with Crippen molar-refractivity contribution in [3.8, 4) is 0 Å².